The van der Waals surface area contributed by atoms with Crippen LogP contribution < -0.4 is 5.32 Å². The molecule has 0 saturated carbocycles. The standard InChI is InChI=1S/C17H25N3O3/c1-13-2-3-14(10-18-13)17(21)19-11-16(15-4-7-23-12-15)20-5-8-22-9-6-20/h2-3,10,15-16H,4-9,11-12H2,1H3,(H,19,21)/t15-,16-/m0/s1. The number of hydrogen-bond donors (Lipinski definition) is 1. The van der Waals surface area contributed by atoms with Gasteiger partial charge < -0.3 is 14.8 Å². The summed E-state index contributed by atoms with van der Waals surface area (Å²) in [7, 11) is 0. The van der Waals surface area contributed by atoms with Gasteiger partial charge in [0.25, 0.3) is 5.91 Å². The number of ether oxygens (including phenoxy) is 2. The average molecular weight is 319 g/mol. The smallest absolute Gasteiger partial charge is 0.252 e. The van der Waals surface area contributed by atoms with Crippen LogP contribution in [0, 0.1) is 12.8 Å². The van der Waals surface area contributed by atoms with Crippen LogP contribution in [-0.2, 0) is 9.47 Å². The van der Waals surface area contributed by atoms with Gasteiger partial charge in [-0.3, -0.25) is 14.7 Å². The third-order valence-electron chi connectivity index (χ3n) is 4.67. The fraction of sp³-hybridized carbons (Fsp3) is 0.647. The fourth-order valence-corrected chi connectivity index (χ4v) is 3.26. The number of rotatable bonds is 5. The van der Waals surface area contributed by atoms with Crippen molar-refractivity contribution in [1.82, 2.24) is 15.2 Å². The van der Waals surface area contributed by atoms with Crippen molar-refractivity contribution < 1.29 is 14.3 Å². The van der Waals surface area contributed by atoms with Crippen molar-refractivity contribution in [3.05, 3.63) is 29.6 Å². The SMILES string of the molecule is Cc1ccc(C(=O)NC[C@@H]([C@H]2CCOC2)N2CCOCC2)cn1. The lowest BCUT2D eigenvalue weighted by Gasteiger charge is -2.37. The Morgan fingerprint density at radius 1 is 1.35 bits per heavy atom. The molecule has 6 nitrogen and oxygen atoms in total. The van der Waals surface area contributed by atoms with Gasteiger partial charge in [0.05, 0.1) is 25.4 Å². The lowest BCUT2D eigenvalue weighted by Crippen LogP contribution is -2.52. The van der Waals surface area contributed by atoms with Crippen LogP contribution >= 0.6 is 0 Å². The Hall–Kier alpha value is -1.50. The van der Waals surface area contributed by atoms with Crippen molar-refractivity contribution >= 4 is 5.91 Å². The quantitative estimate of drug-likeness (QED) is 0.872. The number of pyridine rings is 1. The van der Waals surface area contributed by atoms with E-state index in [1.807, 2.05) is 19.1 Å². The second-order valence-electron chi connectivity index (χ2n) is 6.24. The van der Waals surface area contributed by atoms with E-state index >= 15 is 0 Å². The van der Waals surface area contributed by atoms with Crippen LogP contribution in [0.4, 0.5) is 0 Å². The molecule has 0 aromatic carbocycles. The Labute approximate surface area is 137 Å². The zero-order valence-electron chi connectivity index (χ0n) is 13.7. The molecule has 2 fully saturated rings. The predicted octanol–water partition coefficient (Wildman–Crippen LogP) is 0.857. The Morgan fingerprint density at radius 2 is 2.17 bits per heavy atom. The second-order valence-corrected chi connectivity index (χ2v) is 6.24. The fourth-order valence-electron chi connectivity index (χ4n) is 3.26. The van der Waals surface area contributed by atoms with E-state index in [-0.39, 0.29) is 5.91 Å². The number of carbonyl (C=O) groups excluding carboxylic acids is 1. The first-order valence-corrected chi connectivity index (χ1v) is 8.34. The van der Waals surface area contributed by atoms with Crippen LogP contribution in [0.15, 0.2) is 18.3 Å². The zero-order valence-corrected chi connectivity index (χ0v) is 13.7. The van der Waals surface area contributed by atoms with Gasteiger partial charge in [-0.05, 0) is 25.5 Å². The van der Waals surface area contributed by atoms with E-state index < -0.39 is 0 Å². The number of carbonyl (C=O) groups is 1. The third-order valence-corrected chi connectivity index (χ3v) is 4.67. The molecule has 2 aliphatic heterocycles. The number of nitrogens with zero attached hydrogens (tertiary/aromatic N) is 2. The van der Waals surface area contributed by atoms with Crippen molar-refractivity contribution in [2.24, 2.45) is 5.92 Å². The first kappa shape index (κ1) is 16.4. The minimum atomic E-state index is -0.0605. The van der Waals surface area contributed by atoms with Gasteiger partial charge in [0.15, 0.2) is 0 Å². The van der Waals surface area contributed by atoms with Crippen LogP contribution in [0.2, 0.25) is 0 Å². The highest BCUT2D eigenvalue weighted by molar-refractivity contribution is 5.93. The van der Waals surface area contributed by atoms with Gasteiger partial charge in [-0.25, -0.2) is 0 Å². The lowest BCUT2D eigenvalue weighted by molar-refractivity contribution is 0.00166. The summed E-state index contributed by atoms with van der Waals surface area (Å²) in [6, 6.07) is 3.99. The highest BCUT2D eigenvalue weighted by Crippen LogP contribution is 2.22. The minimum Gasteiger partial charge on any atom is -0.381 e. The van der Waals surface area contributed by atoms with E-state index in [9.17, 15) is 4.79 Å². The molecular weight excluding hydrogens is 294 g/mol. The molecule has 0 bridgehead atoms. The number of morpholine rings is 1. The van der Waals surface area contributed by atoms with Gasteiger partial charge in [0.2, 0.25) is 0 Å². The number of amides is 1. The van der Waals surface area contributed by atoms with E-state index in [0.717, 1.165) is 51.6 Å². The van der Waals surface area contributed by atoms with Crippen LogP contribution in [0.5, 0.6) is 0 Å². The van der Waals surface area contributed by atoms with Crippen molar-refractivity contribution in [2.75, 3.05) is 46.1 Å². The van der Waals surface area contributed by atoms with E-state index in [1.165, 1.54) is 0 Å². The molecule has 1 N–H and O–H groups in total. The number of hydrogen-bond acceptors (Lipinski definition) is 5. The molecule has 3 rings (SSSR count). The predicted molar refractivity (Wildman–Crippen MR) is 86.4 cm³/mol. The molecule has 1 aromatic rings. The summed E-state index contributed by atoms with van der Waals surface area (Å²) >= 11 is 0. The van der Waals surface area contributed by atoms with Crippen molar-refractivity contribution in [3.8, 4) is 0 Å². The molecule has 0 unspecified atom stereocenters. The molecule has 2 saturated heterocycles. The summed E-state index contributed by atoms with van der Waals surface area (Å²) in [6.07, 6.45) is 2.69. The molecule has 1 aromatic heterocycles. The van der Waals surface area contributed by atoms with Crippen molar-refractivity contribution in [3.63, 3.8) is 0 Å². The topological polar surface area (TPSA) is 63.7 Å². The summed E-state index contributed by atoms with van der Waals surface area (Å²) < 4.78 is 11.0. The van der Waals surface area contributed by atoms with Gasteiger partial charge in [-0.15, -0.1) is 0 Å². The highest BCUT2D eigenvalue weighted by atomic mass is 16.5. The first-order chi connectivity index (χ1) is 11.2. The Bertz CT molecular complexity index is 508. The van der Waals surface area contributed by atoms with E-state index in [0.29, 0.717) is 24.1 Å². The van der Waals surface area contributed by atoms with Gasteiger partial charge >= 0.3 is 0 Å². The molecule has 126 valence electrons. The monoisotopic (exact) mass is 319 g/mol. The maximum atomic E-state index is 12.3. The largest absolute Gasteiger partial charge is 0.381 e. The number of aryl methyl sites for hydroxylation is 1. The second kappa shape index (κ2) is 7.86. The first-order valence-electron chi connectivity index (χ1n) is 8.34. The molecule has 3 heterocycles. The van der Waals surface area contributed by atoms with Gasteiger partial charge in [-0.1, -0.05) is 0 Å². The Balaban J connectivity index is 1.61. The zero-order chi connectivity index (χ0) is 16.1. The summed E-state index contributed by atoms with van der Waals surface area (Å²) in [4.78, 5) is 18.9. The van der Waals surface area contributed by atoms with Gasteiger partial charge in [0, 0.05) is 50.1 Å². The summed E-state index contributed by atoms with van der Waals surface area (Å²) in [5.74, 6) is 0.416. The van der Waals surface area contributed by atoms with Gasteiger partial charge in [-0.2, -0.15) is 0 Å². The molecule has 0 aliphatic carbocycles. The molecule has 1 amide bonds. The third kappa shape index (κ3) is 4.28. The maximum absolute atomic E-state index is 12.3. The van der Waals surface area contributed by atoms with Crippen LogP contribution in [-0.4, -0.2) is 67.9 Å². The molecular formula is C17H25N3O3. The lowest BCUT2D eigenvalue weighted by atomic mass is 9.96. The van der Waals surface area contributed by atoms with Crippen LogP contribution in [0.1, 0.15) is 22.5 Å². The van der Waals surface area contributed by atoms with Crippen molar-refractivity contribution in [1.29, 1.82) is 0 Å². The van der Waals surface area contributed by atoms with E-state index in [4.69, 9.17) is 9.47 Å². The average Bonchev–Trinajstić information content (AvgIpc) is 3.11. The Morgan fingerprint density at radius 3 is 2.83 bits per heavy atom. The van der Waals surface area contributed by atoms with E-state index in [2.05, 4.69) is 15.2 Å². The van der Waals surface area contributed by atoms with Crippen LogP contribution in [0.3, 0.4) is 0 Å². The summed E-state index contributed by atoms with van der Waals surface area (Å²) in [5.41, 5.74) is 1.52. The summed E-state index contributed by atoms with van der Waals surface area (Å²) in [6.45, 7) is 7.52. The van der Waals surface area contributed by atoms with E-state index in [1.54, 1.807) is 6.20 Å². The molecule has 2 atom stereocenters. The highest BCUT2D eigenvalue weighted by Gasteiger charge is 2.31. The molecule has 23 heavy (non-hydrogen) atoms. The molecule has 2 aliphatic rings. The molecule has 6 heteroatoms. The minimum absolute atomic E-state index is 0.0605. The molecule has 0 radical (unpaired) electrons. The van der Waals surface area contributed by atoms with Crippen LogP contribution in [0.25, 0.3) is 0 Å². The summed E-state index contributed by atoms with van der Waals surface area (Å²) in [5, 5.41) is 3.08. The molecule has 0 spiro atoms. The maximum Gasteiger partial charge on any atom is 0.252 e. The van der Waals surface area contributed by atoms with Crippen molar-refractivity contribution in [2.45, 2.75) is 19.4 Å². The Kier molecular flexibility index (Phi) is 5.59. The van der Waals surface area contributed by atoms with Gasteiger partial charge in [0.1, 0.15) is 0 Å². The normalized spacial score (nSPS) is 23.6. The number of aromatic nitrogens is 1. The number of nitrogens with one attached hydrogen (secondary N) is 1.